The first-order valence-electron chi connectivity index (χ1n) is 7.36. The van der Waals surface area contributed by atoms with Gasteiger partial charge >= 0.3 is 0 Å². The lowest BCUT2D eigenvalue weighted by atomic mass is 10.1. The van der Waals surface area contributed by atoms with Gasteiger partial charge in [0.1, 0.15) is 11.5 Å². The van der Waals surface area contributed by atoms with Gasteiger partial charge in [-0.25, -0.2) is 8.42 Å². The van der Waals surface area contributed by atoms with Crippen molar-refractivity contribution in [2.75, 3.05) is 11.0 Å². The summed E-state index contributed by atoms with van der Waals surface area (Å²) in [6, 6.07) is 10.1. The fraction of sp³-hybridized carbons (Fsp3) is 0.235. The van der Waals surface area contributed by atoms with Crippen LogP contribution in [0.25, 0.3) is 6.08 Å². The number of carbonyl (C=O) groups excluding carboxylic acids is 1. The number of hydrogen-bond donors (Lipinski definition) is 2. The molecule has 24 heavy (non-hydrogen) atoms. The topological polar surface area (TPSA) is 88.4 Å². The number of anilines is 1. The van der Waals surface area contributed by atoms with Crippen LogP contribution in [0.5, 0.6) is 0 Å². The second-order valence-electron chi connectivity index (χ2n) is 5.47. The average Bonchev–Trinajstić information content (AvgIpc) is 2.89. The van der Waals surface area contributed by atoms with Gasteiger partial charge in [0.2, 0.25) is 15.9 Å². The Morgan fingerprint density at radius 2 is 1.92 bits per heavy atom. The Balaban J connectivity index is 2.08. The maximum absolute atomic E-state index is 12.0. The van der Waals surface area contributed by atoms with Gasteiger partial charge in [-0.1, -0.05) is 18.2 Å². The molecule has 7 heteroatoms. The molecule has 6 nitrogen and oxygen atoms in total. The van der Waals surface area contributed by atoms with Crippen molar-refractivity contribution in [2.45, 2.75) is 19.9 Å². The number of furan rings is 1. The van der Waals surface area contributed by atoms with E-state index in [9.17, 15) is 13.2 Å². The van der Waals surface area contributed by atoms with E-state index in [1.54, 1.807) is 43.3 Å². The van der Waals surface area contributed by atoms with Gasteiger partial charge in [-0.15, -0.1) is 0 Å². The summed E-state index contributed by atoms with van der Waals surface area (Å²) < 4.78 is 30.7. The lowest BCUT2D eigenvalue weighted by Gasteiger charge is -2.17. The maximum atomic E-state index is 12.0. The highest BCUT2D eigenvalue weighted by molar-refractivity contribution is 7.92. The quantitative estimate of drug-likeness (QED) is 0.786. The standard InChI is InChI=1S/C17H20N2O4S/c1-12-8-9-14(23-12)10-11-17(20)18-13(2)15-6-4-5-7-16(15)19-24(3,21)22/h4-11,13,19H,1-3H3,(H,18,20)/b11-10+/t13-/m1/s1. The van der Waals surface area contributed by atoms with Crippen molar-refractivity contribution < 1.29 is 17.6 Å². The molecule has 1 atom stereocenters. The third-order valence-corrected chi connectivity index (χ3v) is 3.83. The Morgan fingerprint density at radius 3 is 2.54 bits per heavy atom. The molecule has 0 aliphatic carbocycles. The van der Waals surface area contributed by atoms with Crippen LogP contribution in [0.2, 0.25) is 0 Å². The zero-order valence-corrected chi connectivity index (χ0v) is 14.6. The van der Waals surface area contributed by atoms with Gasteiger partial charge < -0.3 is 9.73 Å². The molecule has 1 aromatic heterocycles. The molecule has 0 fully saturated rings. The number of amides is 1. The van der Waals surface area contributed by atoms with Crippen LogP contribution in [0.15, 0.2) is 46.9 Å². The minimum atomic E-state index is -3.39. The summed E-state index contributed by atoms with van der Waals surface area (Å²) in [5.41, 5.74) is 1.12. The van der Waals surface area contributed by atoms with Crippen LogP contribution >= 0.6 is 0 Å². The summed E-state index contributed by atoms with van der Waals surface area (Å²) in [7, 11) is -3.39. The van der Waals surface area contributed by atoms with Crippen LogP contribution in [0.1, 0.15) is 30.0 Å². The molecule has 0 aliphatic heterocycles. The third kappa shape index (κ3) is 5.27. The molecule has 0 radical (unpaired) electrons. The third-order valence-electron chi connectivity index (χ3n) is 3.24. The van der Waals surface area contributed by atoms with E-state index in [0.29, 0.717) is 17.0 Å². The van der Waals surface area contributed by atoms with Crippen molar-refractivity contribution >= 4 is 27.7 Å². The van der Waals surface area contributed by atoms with Gasteiger partial charge in [0.15, 0.2) is 0 Å². The Labute approximate surface area is 141 Å². The molecule has 2 N–H and O–H groups in total. The molecule has 1 amide bonds. The number of carbonyl (C=O) groups is 1. The fourth-order valence-electron chi connectivity index (χ4n) is 2.21. The normalized spacial score (nSPS) is 13.0. The van der Waals surface area contributed by atoms with Crippen LogP contribution in [0, 0.1) is 6.92 Å². The minimum Gasteiger partial charge on any atom is -0.462 e. The van der Waals surface area contributed by atoms with E-state index in [-0.39, 0.29) is 11.9 Å². The predicted octanol–water partition coefficient (Wildman–Crippen LogP) is 2.85. The Kier molecular flexibility index (Phi) is 5.46. The molecule has 2 aromatic rings. The molecule has 0 unspecified atom stereocenters. The summed E-state index contributed by atoms with van der Waals surface area (Å²) in [4.78, 5) is 12.0. The molecule has 2 rings (SSSR count). The van der Waals surface area contributed by atoms with Gasteiger partial charge in [0.25, 0.3) is 0 Å². The monoisotopic (exact) mass is 348 g/mol. The molecule has 128 valence electrons. The maximum Gasteiger partial charge on any atom is 0.244 e. The average molecular weight is 348 g/mol. The number of hydrogen-bond acceptors (Lipinski definition) is 4. The van der Waals surface area contributed by atoms with E-state index >= 15 is 0 Å². The van der Waals surface area contributed by atoms with Crippen molar-refractivity contribution in [3.05, 3.63) is 59.6 Å². The highest BCUT2D eigenvalue weighted by Crippen LogP contribution is 2.23. The van der Waals surface area contributed by atoms with Crippen molar-refractivity contribution in [3.8, 4) is 0 Å². The number of aryl methyl sites for hydroxylation is 1. The van der Waals surface area contributed by atoms with Crippen molar-refractivity contribution in [3.63, 3.8) is 0 Å². The van der Waals surface area contributed by atoms with Gasteiger partial charge in [-0.2, -0.15) is 0 Å². The highest BCUT2D eigenvalue weighted by atomic mass is 32.2. The fourth-order valence-corrected chi connectivity index (χ4v) is 2.79. The molecule has 0 aliphatic rings. The van der Waals surface area contributed by atoms with Crippen LogP contribution in [-0.2, 0) is 14.8 Å². The van der Waals surface area contributed by atoms with Crippen molar-refractivity contribution in [2.24, 2.45) is 0 Å². The van der Waals surface area contributed by atoms with E-state index in [0.717, 1.165) is 12.0 Å². The molecule has 0 saturated heterocycles. The van der Waals surface area contributed by atoms with Gasteiger partial charge in [-0.05, 0) is 43.7 Å². The number of para-hydroxylation sites is 1. The molecule has 0 saturated carbocycles. The van der Waals surface area contributed by atoms with E-state index < -0.39 is 10.0 Å². The van der Waals surface area contributed by atoms with E-state index in [1.807, 2.05) is 13.0 Å². The summed E-state index contributed by atoms with van der Waals surface area (Å²) in [6.07, 6.45) is 4.04. The summed E-state index contributed by atoms with van der Waals surface area (Å²) in [5.74, 6) is 1.06. The van der Waals surface area contributed by atoms with Gasteiger partial charge in [-0.3, -0.25) is 9.52 Å². The number of sulfonamides is 1. The van der Waals surface area contributed by atoms with Gasteiger partial charge in [0, 0.05) is 6.08 Å². The first-order chi connectivity index (χ1) is 11.2. The first-order valence-corrected chi connectivity index (χ1v) is 9.25. The minimum absolute atomic E-state index is 0.300. The molecule has 1 heterocycles. The second kappa shape index (κ2) is 7.35. The molecular formula is C17H20N2O4S. The van der Waals surface area contributed by atoms with Crippen LogP contribution in [-0.4, -0.2) is 20.6 Å². The zero-order chi connectivity index (χ0) is 17.7. The summed E-state index contributed by atoms with van der Waals surface area (Å²) in [6.45, 7) is 3.61. The summed E-state index contributed by atoms with van der Waals surface area (Å²) >= 11 is 0. The predicted molar refractivity (Wildman–Crippen MR) is 93.9 cm³/mol. The molecule has 1 aromatic carbocycles. The molecule has 0 bridgehead atoms. The highest BCUT2D eigenvalue weighted by Gasteiger charge is 2.14. The number of nitrogens with one attached hydrogen (secondary N) is 2. The summed E-state index contributed by atoms with van der Waals surface area (Å²) in [5, 5.41) is 2.80. The number of rotatable bonds is 6. The van der Waals surface area contributed by atoms with E-state index in [4.69, 9.17) is 4.42 Å². The smallest absolute Gasteiger partial charge is 0.244 e. The Bertz CT molecular complexity index is 853. The van der Waals surface area contributed by atoms with Crippen LogP contribution < -0.4 is 10.0 Å². The second-order valence-corrected chi connectivity index (χ2v) is 7.22. The molecular weight excluding hydrogens is 328 g/mol. The number of benzene rings is 1. The molecule has 0 spiro atoms. The SMILES string of the molecule is Cc1ccc(/C=C/C(=O)N[C@H](C)c2ccccc2NS(C)(=O)=O)o1. The van der Waals surface area contributed by atoms with E-state index in [1.165, 1.54) is 6.08 Å². The van der Waals surface area contributed by atoms with Crippen molar-refractivity contribution in [1.82, 2.24) is 5.32 Å². The first kappa shape index (κ1) is 17.8. The van der Waals surface area contributed by atoms with Crippen LogP contribution in [0.4, 0.5) is 5.69 Å². The zero-order valence-electron chi connectivity index (χ0n) is 13.7. The van der Waals surface area contributed by atoms with Crippen molar-refractivity contribution in [1.29, 1.82) is 0 Å². The lowest BCUT2D eigenvalue weighted by molar-refractivity contribution is -0.117. The Hall–Kier alpha value is -2.54. The van der Waals surface area contributed by atoms with Gasteiger partial charge in [0.05, 0.1) is 18.0 Å². The Morgan fingerprint density at radius 1 is 1.21 bits per heavy atom. The largest absolute Gasteiger partial charge is 0.462 e. The van der Waals surface area contributed by atoms with Crippen LogP contribution in [0.3, 0.4) is 0 Å². The lowest BCUT2D eigenvalue weighted by Crippen LogP contribution is -2.25. The van der Waals surface area contributed by atoms with E-state index in [2.05, 4.69) is 10.0 Å².